The molecule has 3 rings (SSSR count). The van der Waals surface area contributed by atoms with Gasteiger partial charge in [-0.25, -0.2) is 4.98 Å². The van der Waals surface area contributed by atoms with Crippen molar-refractivity contribution in [2.75, 3.05) is 19.8 Å². The van der Waals surface area contributed by atoms with Gasteiger partial charge in [-0.2, -0.15) is 0 Å². The van der Waals surface area contributed by atoms with Crippen LogP contribution < -0.4 is 0 Å². The summed E-state index contributed by atoms with van der Waals surface area (Å²) in [5.41, 5.74) is 2.35. The van der Waals surface area contributed by atoms with E-state index >= 15 is 0 Å². The zero-order valence-electron chi connectivity index (χ0n) is 18.6. The van der Waals surface area contributed by atoms with Crippen molar-refractivity contribution in [1.82, 2.24) is 4.98 Å². The quantitative estimate of drug-likeness (QED) is 0.410. The minimum Gasteiger partial charge on any atom is -0.416 e. The second-order valence-electron chi connectivity index (χ2n) is 9.17. The Morgan fingerprint density at radius 3 is 2.60 bits per heavy atom. The molecule has 0 spiro atoms. The van der Waals surface area contributed by atoms with Gasteiger partial charge in [-0.05, 0) is 49.2 Å². The van der Waals surface area contributed by atoms with Crippen molar-refractivity contribution in [3.05, 3.63) is 49.9 Å². The highest BCUT2D eigenvalue weighted by Gasteiger charge is 2.37. The van der Waals surface area contributed by atoms with Crippen molar-refractivity contribution < 1.29 is 19.0 Å². The number of pyridine rings is 1. The Kier molecular flexibility index (Phi) is 7.44. The van der Waals surface area contributed by atoms with Crippen LogP contribution in [0.5, 0.6) is 0 Å². The molecule has 2 aromatic rings. The molecule has 30 heavy (non-hydrogen) atoms. The maximum Gasteiger partial charge on any atom is 0.193 e. The first-order valence-electron chi connectivity index (χ1n) is 10.3. The van der Waals surface area contributed by atoms with Crippen LogP contribution in [0.3, 0.4) is 0 Å². The summed E-state index contributed by atoms with van der Waals surface area (Å²) in [4.78, 5) is 6.45. The Labute approximate surface area is 189 Å². The number of hydrogen-bond donors (Lipinski definition) is 1. The molecule has 1 aliphatic heterocycles. The molecule has 2 aromatic heterocycles. The van der Waals surface area contributed by atoms with Crippen molar-refractivity contribution in [3.63, 3.8) is 0 Å². The summed E-state index contributed by atoms with van der Waals surface area (Å²) in [7, 11) is -1.83. The third-order valence-corrected chi connectivity index (χ3v) is 11.8. The van der Waals surface area contributed by atoms with Gasteiger partial charge in [0.1, 0.15) is 11.3 Å². The van der Waals surface area contributed by atoms with E-state index in [-0.39, 0.29) is 11.3 Å². The number of aromatic nitrogens is 1. The third kappa shape index (κ3) is 5.33. The molecule has 1 saturated heterocycles. The molecule has 1 unspecified atom stereocenters. The number of halogens is 1. The van der Waals surface area contributed by atoms with Crippen molar-refractivity contribution in [1.29, 1.82) is 0 Å². The normalized spacial score (nSPS) is 16.9. The van der Waals surface area contributed by atoms with Gasteiger partial charge in [0.2, 0.25) is 0 Å². The van der Waals surface area contributed by atoms with Gasteiger partial charge in [-0.1, -0.05) is 38.4 Å². The van der Waals surface area contributed by atoms with E-state index in [1.54, 1.807) is 17.4 Å². The fourth-order valence-electron chi connectivity index (χ4n) is 3.14. The summed E-state index contributed by atoms with van der Waals surface area (Å²) < 4.78 is 17.5. The summed E-state index contributed by atoms with van der Waals surface area (Å²) in [5, 5.41) is 11.7. The van der Waals surface area contributed by atoms with Crippen LogP contribution in [0, 0.1) is 6.92 Å². The standard InChI is InChI=1S/C22H32ClNO4SSi/c1-14-16(13-17(29-14)21-26-11-12-27-21)20(25)19-15(7-8-18(23)24-19)9-10-28-30(5,6)22(2,3)4/h7-8,13,20-21,25H,9-12H2,1-6H3. The fourth-order valence-corrected chi connectivity index (χ4v) is 5.40. The summed E-state index contributed by atoms with van der Waals surface area (Å²) in [6, 6.07) is 5.67. The zero-order chi connectivity index (χ0) is 22.1. The van der Waals surface area contributed by atoms with E-state index < -0.39 is 14.4 Å². The molecule has 5 nitrogen and oxygen atoms in total. The molecule has 3 heterocycles. The predicted octanol–water partition coefficient (Wildman–Crippen LogP) is 5.80. The number of rotatable bonds is 7. The summed E-state index contributed by atoms with van der Waals surface area (Å²) >= 11 is 7.76. The van der Waals surface area contributed by atoms with Crippen LogP contribution in [-0.4, -0.2) is 38.2 Å². The van der Waals surface area contributed by atoms with Crippen molar-refractivity contribution in [2.24, 2.45) is 0 Å². The molecule has 0 amide bonds. The van der Waals surface area contributed by atoms with Gasteiger partial charge in [-0.3, -0.25) is 0 Å². The maximum atomic E-state index is 11.2. The highest BCUT2D eigenvalue weighted by atomic mass is 35.5. The van der Waals surface area contributed by atoms with Gasteiger partial charge in [0.15, 0.2) is 14.6 Å². The lowest BCUT2D eigenvalue weighted by atomic mass is 10.0. The Bertz CT molecular complexity index is 875. The molecule has 1 atom stereocenters. The molecule has 0 aromatic carbocycles. The van der Waals surface area contributed by atoms with E-state index in [0.717, 1.165) is 20.9 Å². The maximum absolute atomic E-state index is 11.2. The van der Waals surface area contributed by atoms with E-state index in [9.17, 15) is 5.11 Å². The van der Waals surface area contributed by atoms with Gasteiger partial charge >= 0.3 is 0 Å². The van der Waals surface area contributed by atoms with Gasteiger partial charge < -0.3 is 19.0 Å². The average Bonchev–Trinajstić information content (AvgIpc) is 3.31. The molecule has 1 aliphatic rings. The summed E-state index contributed by atoms with van der Waals surface area (Å²) in [6.45, 7) is 14.9. The molecule has 8 heteroatoms. The largest absolute Gasteiger partial charge is 0.416 e. The van der Waals surface area contributed by atoms with E-state index in [4.69, 9.17) is 25.5 Å². The van der Waals surface area contributed by atoms with E-state index in [1.807, 2.05) is 19.1 Å². The van der Waals surface area contributed by atoms with Gasteiger partial charge in [0, 0.05) is 17.0 Å². The zero-order valence-corrected chi connectivity index (χ0v) is 21.2. The average molecular weight is 470 g/mol. The Morgan fingerprint density at radius 1 is 1.30 bits per heavy atom. The van der Waals surface area contributed by atoms with Crippen LogP contribution in [0.4, 0.5) is 0 Å². The Morgan fingerprint density at radius 2 is 1.97 bits per heavy atom. The van der Waals surface area contributed by atoms with E-state index in [1.165, 1.54) is 0 Å². The molecule has 0 saturated carbocycles. The lowest BCUT2D eigenvalue weighted by Gasteiger charge is -2.36. The SMILES string of the molecule is Cc1sc(C2OCCO2)cc1C(O)c1nc(Cl)ccc1CCO[Si](C)(C)C(C)(C)C. The number of aliphatic hydroxyl groups is 1. The van der Waals surface area contributed by atoms with E-state index in [0.29, 0.717) is 37.1 Å². The first kappa shape index (κ1) is 23.9. The van der Waals surface area contributed by atoms with Crippen LogP contribution >= 0.6 is 22.9 Å². The highest BCUT2D eigenvalue weighted by molar-refractivity contribution is 7.12. The molecule has 0 bridgehead atoms. The summed E-state index contributed by atoms with van der Waals surface area (Å²) in [5.74, 6) is 0. The van der Waals surface area contributed by atoms with Crippen LogP contribution in [-0.2, 0) is 20.3 Å². The van der Waals surface area contributed by atoms with E-state index in [2.05, 4.69) is 38.8 Å². The smallest absolute Gasteiger partial charge is 0.193 e. The number of nitrogens with zero attached hydrogens (tertiary/aromatic N) is 1. The fraction of sp³-hybridized carbons (Fsp3) is 0.591. The van der Waals surface area contributed by atoms with Crippen LogP contribution in [0.25, 0.3) is 0 Å². The summed E-state index contributed by atoms with van der Waals surface area (Å²) in [6.07, 6.45) is -0.536. The Hall–Kier alpha value is -0.803. The number of aryl methyl sites for hydroxylation is 1. The molecular formula is C22H32ClNO4SSi. The first-order chi connectivity index (χ1) is 14.0. The first-order valence-corrected chi connectivity index (χ1v) is 14.4. The molecule has 0 aliphatic carbocycles. The number of aliphatic hydroxyl groups excluding tert-OH is 1. The second-order valence-corrected chi connectivity index (χ2v) is 15.7. The molecule has 1 fully saturated rings. The predicted molar refractivity (Wildman–Crippen MR) is 124 cm³/mol. The minimum absolute atomic E-state index is 0.155. The highest BCUT2D eigenvalue weighted by Crippen LogP contribution is 2.38. The monoisotopic (exact) mass is 469 g/mol. The number of hydrogen-bond acceptors (Lipinski definition) is 6. The minimum atomic E-state index is -1.83. The van der Waals surface area contributed by atoms with Gasteiger partial charge in [0.05, 0.1) is 23.8 Å². The molecule has 1 N–H and O–H groups in total. The molecule has 0 radical (unpaired) electrons. The van der Waals surface area contributed by atoms with Crippen LogP contribution in [0.15, 0.2) is 18.2 Å². The third-order valence-electron chi connectivity index (χ3n) is 6.00. The van der Waals surface area contributed by atoms with Crippen molar-refractivity contribution >= 4 is 31.3 Å². The van der Waals surface area contributed by atoms with Crippen molar-refractivity contribution in [2.45, 2.75) is 64.6 Å². The van der Waals surface area contributed by atoms with Crippen LogP contribution in [0.1, 0.15) is 59.7 Å². The topological polar surface area (TPSA) is 60.8 Å². The molecular weight excluding hydrogens is 438 g/mol. The lowest BCUT2D eigenvalue weighted by Crippen LogP contribution is -2.41. The molecule has 166 valence electrons. The lowest BCUT2D eigenvalue weighted by molar-refractivity contribution is -0.0414. The Balaban J connectivity index is 1.79. The number of ether oxygens (including phenoxy) is 2. The second kappa shape index (κ2) is 9.36. The number of thiophene rings is 1. The van der Waals surface area contributed by atoms with Crippen LogP contribution in [0.2, 0.25) is 23.3 Å². The van der Waals surface area contributed by atoms with Gasteiger partial charge in [0.25, 0.3) is 0 Å². The van der Waals surface area contributed by atoms with Crippen molar-refractivity contribution in [3.8, 4) is 0 Å². The van der Waals surface area contributed by atoms with Gasteiger partial charge in [-0.15, -0.1) is 11.3 Å².